The van der Waals surface area contributed by atoms with E-state index in [1.807, 2.05) is 0 Å². The van der Waals surface area contributed by atoms with Crippen molar-refractivity contribution >= 4 is 18.0 Å². The largest absolute Gasteiger partial charge is 0.351 e. The molecule has 2 atom stereocenters. The number of carbonyl (C=O) groups is 3. The zero-order valence-corrected chi connectivity index (χ0v) is 13.3. The second-order valence-electron chi connectivity index (χ2n) is 6.04. The monoisotopic (exact) mass is 344 g/mol. The molecule has 0 saturated carbocycles. The lowest BCUT2D eigenvalue weighted by Crippen LogP contribution is -2.53. The molecule has 2 bridgehead atoms. The van der Waals surface area contributed by atoms with Crippen LogP contribution in [0.4, 0.5) is 9.59 Å². The number of urea groups is 2. The number of nitrogens with one attached hydrogen (secondary N) is 3. The van der Waals surface area contributed by atoms with Gasteiger partial charge in [0.25, 0.3) is 0 Å². The fraction of sp³-hybridized carbons (Fsp3) is 0.769. The van der Waals surface area contributed by atoms with Crippen LogP contribution >= 0.6 is 0 Å². The quantitative estimate of drug-likeness (QED) is 0.265. The summed E-state index contributed by atoms with van der Waals surface area (Å²) in [6.07, 6.45) is 3.18. The smallest absolute Gasteiger partial charge is 0.344 e. The van der Waals surface area contributed by atoms with E-state index in [0.717, 1.165) is 31.0 Å². The number of carbonyl (C=O) groups excluding carboxylic acids is 3. The Morgan fingerprint density at radius 3 is 2.42 bits per heavy atom. The highest BCUT2D eigenvalue weighted by molar-refractivity contribution is 5.88. The molecule has 11 heteroatoms. The number of amides is 5. The molecule has 0 aromatic rings. The minimum absolute atomic E-state index is 0.0750. The molecule has 11 nitrogen and oxygen atoms in total. The molecular formula is C13H24N6O5. The van der Waals surface area contributed by atoms with Gasteiger partial charge in [0.05, 0.1) is 6.04 Å². The maximum absolute atomic E-state index is 12.3. The van der Waals surface area contributed by atoms with Gasteiger partial charge in [-0.3, -0.25) is 15.2 Å². The van der Waals surface area contributed by atoms with E-state index in [4.69, 9.17) is 5.21 Å². The van der Waals surface area contributed by atoms with E-state index in [-0.39, 0.29) is 18.0 Å². The topological polar surface area (TPSA) is 160 Å². The summed E-state index contributed by atoms with van der Waals surface area (Å²) in [6, 6.07) is -1.74. The zero-order chi connectivity index (χ0) is 17.7. The van der Waals surface area contributed by atoms with Crippen LogP contribution in [0.15, 0.2) is 0 Å². The van der Waals surface area contributed by atoms with Crippen LogP contribution in [0.1, 0.15) is 25.7 Å². The van der Waals surface area contributed by atoms with Crippen LogP contribution < -0.4 is 21.8 Å². The highest BCUT2D eigenvalue weighted by Gasteiger charge is 2.46. The van der Waals surface area contributed by atoms with E-state index in [9.17, 15) is 19.6 Å². The Morgan fingerprint density at radius 2 is 1.83 bits per heavy atom. The molecule has 3 fully saturated rings. The predicted octanol–water partition coefficient (Wildman–Crippen LogP) is -1.44. The van der Waals surface area contributed by atoms with E-state index in [1.54, 1.807) is 0 Å². The minimum Gasteiger partial charge on any atom is -0.351 e. The van der Waals surface area contributed by atoms with Crippen molar-refractivity contribution in [1.82, 2.24) is 26.1 Å². The number of hydrogen-bond acceptors (Lipinski definition) is 6. The third kappa shape index (κ3) is 4.24. The molecule has 24 heavy (non-hydrogen) atoms. The highest BCUT2D eigenvalue weighted by Crippen LogP contribution is 2.28. The molecule has 0 radical (unpaired) electrons. The summed E-state index contributed by atoms with van der Waals surface area (Å²) in [6.45, 7) is 2.30. The maximum Gasteiger partial charge on any atom is 0.344 e. The highest BCUT2D eigenvalue weighted by atomic mass is 16.5. The molecule has 3 aliphatic heterocycles. The Balaban J connectivity index is 0.000000368. The molecule has 3 rings (SSSR count). The van der Waals surface area contributed by atoms with Crippen molar-refractivity contribution in [2.24, 2.45) is 5.73 Å². The van der Waals surface area contributed by atoms with E-state index in [0.29, 0.717) is 19.4 Å². The van der Waals surface area contributed by atoms with Crippen molar-refractivity contribution in [2.75, 3.05) is 19.6 Å². The summed E-state index contributed by atoms with van der Waals surface area (Å²) in [5.41, 5.74) is 5.46. The van der Waals surface area contributed by atoms with Crippen molar-refractivity contribution in [3.05, 3.63) is 0 Å². The molecule has 136 valence electrons. The molecule has 7 N–H and O–H groups in total. The van der Waals surface area contributed by atoms with Crippen molar-refractivity contribution in [3.63, 3.8) is 0 Å². The van der Waals surface area contributed by atoms with Crippen LogP contribution in [0.3, 0.4) is 0 Å². The zero-order valence-electron chi connectivity index (χ0n) is 13.3. The van der Waals surface area contributed by atoms with Crippen molar-refractivity contribution < 1.29 is 24.8 Å². The van der Waals surface area contributed by atoms with Crippen molar-refractivity contribution in [1.29, 1.82) is 0 Å². The third-order valence-electron chi connectivity index (χ3n) is 4.44. The molecule has 0 spiro atoms. The number of hydrogen-bond donors (Lipinski definition) is 6. The normalized spacial score (nSPS) is 26.5. The van der Waals surface area contributed by atoms with Gasteiger partial charge in [0.15, 0.2) is 0 Å². The van der Waals surface area contributed by atoms with E-state index < -0.39 is 18.1 Å². The van der Waals surface area contributed by atoms with Crippen LogP contribution in [-0.4, -0.2) is 76.1 Å². The van der Waals surface area contributed by atoms with Gasteiger partial charge in [-0.2, -0.15) is 0 Å². The average Bonchev–Trinajstić information content (AvgIpc) is 2.81. The van der Waals surface area contributed by atoms with Gasteiger partial charge in [-0.15, -0.1) is 0 Å². The number of nitrogens with two attached hydrogens (primary N) is 1. The second kappa shape index (κ2) is 8.13. The SMILES string of the molecule is NC(=O)NO.O=C(NC1CCNCC1)C1CCC2CN1C(=O)N2O. The molecule has 3 saturated heterocycles. The lowest BCUT2D eigenvalue weighted by molar-refractivity contribution is -0.127. The first-order valence-corrected chi connectivity index (χ1v) is 7.93. The van der Waals surface area contributed by atoms with Gasteiger partial charge in [-0.1, -0.05) is 0 Å². The van der Waals surface area contributed by atoms with Crippen molar-refractivity contribution in [2.45, 2.75) is 43.8 Å². The van der Waals surface area contributed by atoms with Crippen LogP contribution in [0.5, 0.6) is 0 Å². The van der Waals surface area contributed by atoms with E-state index in [2.05, 4.69) is 16.4 Å². The molecule has 0 aliphatic carbocycles. The van der Waals surface area contributed by atoms with Gasteiger partial charge < -0.3 is 21.3 Å². The summed E-state index contributed by atoms with van der Waals surface area (Å²) in [5, 5.41) is 24.1. The Bertz CT molecular complexity index is 483. The first-order chi connectivity index (χ1) is 11.4. The molecule has 0 aromatic heterocycles. The van der Waals surface area contributed by atoms with Gasteiger partial charge in [-0.05, 0) is 38.8 Å². The Kier molecular flexibility index (Phi) is 6.17. The van der Waals surface area contributed by atoms with Gasteiger partial charge in [0, 0.05) is 12.6 Å². The Labute approximate surface area is 139 Å². The minimum atomic E-state index is -0.940. The number of nitrogens with zero attached hydrogens (tertiary/aromatic N) is 2. The van der Waals surface area contributed by atoms with Crippen molar-refractivity contribution in [3.8, 4) is 0 Å². The number of primary amides is 1. The summed E-state index contributed by atoms with van der Waals surface area (Å²) < 4.78 is 0. The maximum atomic E-state index is 12.3. The summed E-state index contributed by atoms with van der Waals surface area (Å²) in [7, 11) is 0. The Morgan fingerprint density at radius 1 is 1.21 bits per heavy atom. The fourth-order valence-electron chi connectivity index (χ4n) is 3.19. The predicted molar refractivity (Wildman–Crippen MR) is 81.1 cm³/mol. The van der Waals surface area contributed by atoms with Crippen LogP contribution in [0.25, 0.3) is 0 Å². The van der Waals surface area contributed by atoms with E-state index >= 15 is 0 Å². The lowest BCUT2D eigenvalue weighted by atomic mass is 9.99. The first kappa shape index (κ1) is 18.2. The number of fused-ring (bicyclic) bond motifs is 2. The van der Waals surface area contributed by atoms with Crippen LogP contribution in [-0.2, 0) is 4.79 Å². The van der Waals surface area contributed by atoms with Crippen LogP contribution in [0, 0.1) is 0 Å². The van der Waals surface area contributed by atoms with Gasteiger partial charge in [0.1, 0.15) is 6.04 Å². The Hall–Kier alpha value is -2.11. The third-order valence-corrected chi connectivity index (χ3v) is 4.44. The average molecular weight is 344 g/mol. The van der Waals surface area contributed by atoms with Gasteiger partial charge in [0.2, 0.25) is 5.91 Å². The molecule has 3 heterocycles. The number of rotatable bonds is 2. The number of piperidine rings is 2. The second-order valence-corrected chi connectivity index (χ2v) is 6.04. The summed E-state index contributed by atoms with van der Waals surface area (Å²) in [5.74, 6) is -0.0750. The van der Waals surface area contributed by atoms with E-state index in [1.165, 1.54) is 10.4 Å². The molecule has 2 unspecified atom stereocenters. The van der Waals surface area contributed by atoms with Gasteiger partial charge in [-0.25, -0.2) is 20.1 Å². The fourth-order valence-corrected chi connectivity index (χ4v) is 3.19. The molecule has 5 amide bonds. The summed E-state index contributed by atoms with van der Waals surface area (Å²) in [4.78, 5) is 34.8. The van der Waals surface area contributed by atoms with Crippen LogP contribution in [0.2, 0.25) is 0 Å². The number of hydroxylamine groups is 3. The molecule has 0 aromatic carbocycles. The molecule has 3 aliphatic rings. The lowest BCUT2D eigenvalue weighted by Gasteiger charge is -2.32. The molecular weight excluding hydrogens is 320 g/mol. The van der Waals surface area contributed by atoms with Gasteiger partial charge >= 0.3 is 12.1 Å². The first-order valence-electron chi connectivity index (χ1n) is 7.93. The summed E-state index contributed by atoms with van der Waals surface area (Å²) >= 11 is 0. The standard InChI is InChI=1S/C12H20N4O3.CH4N2O2/c17-11(14-8-3-5-13-6-4-8)10-2-1-9-7-15(10)12(18)16(9)19;2-1(4)3-5/h8-10,13,19H,1-7H2,(H,14,17);5H,(H3,2,3,4).